The predicted octanol–water partition coefficient (Wildman–Crippen LogP) is 4.86. The summed E-state index contributed by atoms with van der Waals surface area (Å²) in [5, 5.41) is 0.0966. The van der Waals surface area contributed by atoms with Crippen molar-refractivity contribution in [1.29, 1.82) is 0 Å². The minimum atomic E-state index is -0.337. The average molecular weight is 400 g/mol. The van der Waals surface area contributed by atoms with Gasteiger partial charge in [0.05, 0.1) is 11.4 Å². The number of carbonyl (C=O) groups is 2. The van der Waals surface area contributed by atoms with Gasteiger partial charge in [0.2, 0.25) is 6.79 Å². The smallest absolute Gasteiger partial charge is 0.293 e. The maximum Gasteiger partial charge on any atom is 0.293 e. The van der Waals surface area contributed by atoms with Crippen LogP contribution in [0.15, 0.2) is 59.5 Å². The molecule has 136 valence electrons. The van der Waals surface area contributed by atoms with Gasteiger partial charge >= 0.3 is 0 Å². The zero-order valence-corrected chi connectivity index (χ0v) is 15.6. The Balaban J connectivity index is 1.50. The standard InChI is InChI=1S/C20H14ClNO4S/c21-15-10-17-16(25-12-26-17)9-14(15)11-22-19(23)18(27-20(22)24)8-4-7-13-5-2-1-3-6-13/h1-10H,11-12H2/b7-4-,18-8+. The van der Waals surface area contributed by atoms with Crippen molar-refractivity contribution in [1.82, 2.24) is 4.90 Å². The van der Waals surface area contributed by atoms with Gasteiger partial charge in [0.1, 0.15) is 0 Å². The highest BCUT2D eigenvalue weighted by molar-refractivity contribution is 8.18. The number of hydrogen-bond acceptors (Lipinski definition) is 5. The zero-order valence-electron chi connectivity index (χ0n) is 14.1. The maximum atomic E-state index is 12.6. The number of imide groups is 1. The van der Waals surface area contributed by atoms with Gasteiger partial charge in [-0.05, 0) is 35.0 Å². The molecule has 0 radical (unpaired) electrons. The highest BCUT2D eigenvalue weighted by atomic mass is 35.5. The second-order valence-corrected chi connectivity index (χ2v) is 7.26. The van der Waals surface area contributed by atoms with E-state index in [1.807, 2.05) is 36.4 Å². The van der Waals surface area contributed by atoms with Crippen LogP contribution < -0.4 is 9.47 Å². The molecule has 1 saturated heterocycles. The van der Waals surface area contributed by atoms with Crippen molar-refractivity contribution in [3.63, 3.8) is 0 Å². The van der Waals surface area contributed by atoms with Crippen LogP contribution in [0, 0.1) is 0 Å². The van der Waals surface area contributed by atoms with E-state index < -0.39 is 0 Å². The Morgan fingerprint density at radius 1 is 1.11 bits per heavy atom. The van der Waals surface area contributed by atoms with Crippen LogP contribution in [-0.4, -0.2) is 22.8 Å². The number of halogens is 1. The van der Waals surface area contributed by atoms with E-state index in [1.54, 1.807) is 24.3 Å². The van der Waals surface area contributed by atoms with Gasteiger partial charge in [-0.3, -0.25) is 14.5 Å². The van der Waals surface area contributed by atoms with E-state index in [9.17, 15) is 9.59 Å². The number of fused-ring (bicyclic) bond motifs is 1. The lowest BCUT2D eigenvalue weighted by Gasteiger charge is -2.14. The Hall–Kier alpha value is -2.70. The molecule has 1 fully saturated rings. The normalized spacial score (nSPS) is 17.5. The van der Waals surface area contributed by atoms with E-state index in [2.05, 4.69) is 0 Å². The Kier molecular flexibility index (Phi) is 4.92. The van der Waals surface area contributed by atoms with Crippen molar-refractivity contribution in [2.75, 3.05) is 6.79 Å². The SMILES string of the molecule is O=C1S/C(=C/C=C\c2ccccc2)C(=O)N1Cc1cc2c(cc1Cl)OCO2. The molecular weight excluding hydrogens is 386 g/mol. The molecular formula is C20H14ClNO4S. The third kappa shape index (κ3) is 3.72. The molecule has 27 heavy (non-hydrogen) atoms. The fourth-order valence-corrected chi connectivity index (χ4v) is 3.72. The van der Waals surface area contributed by atoms with Crippen molar-refractivity contribution >= 4 is 40.6 Å². The lowest BCUT2D eigenvalue weighted by molar-refractivity contribution is -0.123. The van der Waals surface area contributed by atoms with Crippen LogP contribution in [0.1, 0.15) is 11.1 Å². The largest absolute Gasteiger partial charge is 0.454 e. The molecule has 0 N–H and O–H groups in total. The number of allylic oxidation sites excluding steroid dienone is 2. The molecule has 2 amide bonds. The maximum absolute atomic E-state index is 12.6. The highest BCUT2D eigenvalue weighted by Crippen LogP contribution is 2.39. The van der Waals surface area contributed by atoms with Crippen LogP contribution in [-0.2, 0) is 11.3 Å². The molecule has 2 aromatic rings. The van der Waals surface area contributed by atoms with Gasteiger partial charge in [-0.15, -0.1) is 0 Å². The van der Waals surface area contributed by atoms with Crippen molar-refractivity contribution in [2.45, 2.75) is 6.54 Å². The zero-order chi connectivity index (χ0) is 18.8. The Labute approximate surface area is 165 Å². The van der Waals surface area contributed by atoms with Crippen LogP contribution in [0.3, 0.4) is 0 Å². The molecule has 2 aromatic carbocycles. The van der Waals surface area contributed by atoms with E-state index in [0.717, 1.165) is 17.3 Å². The molecule has 0 bridgehead atoms. The monoisotopic (exact) mass is 399 g/mol. The fourth-order valence-electron chi connectivity index (χ4n) is 2.71. The molecule has 0 spiro atoms. The molecule has 2 aliphatic rings. The summed E-state index contributed by atoms with van der Waals surface area (Å²) in [7, 11) is 0. The molecule has 5 nitrogen and oxygen atoms in total. The number of thioether (sulfide) groups is 1. The predicted molar refractivity (Wildman–Crippen MR) is 105 cm³/mol. The fraction of sp³-hybridized carbons (Fsp3) is 0.100. The van der Waals surface area contributed by atoms with E-state index in [1.165, 1.54) is 4.90 Å². The van der Waals surface area contributed by atoms with E-state index in [4.69, 9.17) is 21.1 Å². The number of ether oxygens (including phenoxy) is 2. The van der Waals surface area contributed by atoms with E-state index in [-0.39, 0.29) is 24.5 Å². The Bertz CT molecular complexity index is 971. The summed E-state index contributed by atoms with van der Waals surface area (Å²) in [5.74, 6) is 0.781. The van der Waals surface area contributed by atoms with Crippen molar-refractivity contribution in [2.24, 2.45) is 0 Å². The molecule has 4 rings (SSSR count). The summed E-state index contributed by atoms with van der Waals surface area (Å²) >= 11 is 7.17. The van der Waals surface area contributed by atoms with Crippen LogP contribution in [0.25, 0.3) is 6.08 Å². The molecule has 7 heteroatoms. The number of benzene rings is 2. The van der Waals surface area contributed by atoms with Gasteiger partial charge < -0.3 is 9.47 Å². The number of carbonyl (C=O) groups excluding carboxylic acids is 2. The summed E-state index contributed by atoms with van der Waals surface area (Å²) < 4.78 is 10.6. The quantitative estimate of drug-likeness (QED) is 0.687. The van der Waals surface area contributed by atoms with Gasteiger partial charge in [0, 0.05) is 11.1 Å². The lowest BCUT2D eigenvalue weighted by Crippen LogP contribution is -2.27. The topological polar surface area (TPSA) is 55.8 Å². The second-order valence-electron chi connectivity index (χ2n) is 5.86. The van der Waals surface area contributed by atoms with Gasteiger partial charge in [0.25, 0.3) is 11.1 Å². The van der Waals surface area contributed by atoms with Gasteiger partial charge in [0.15, 0.2) is 11.5 Å². The van der Waals surface area contributed by atoms with Crippen LogP contribution >= 0.6 is 23.4 Å². The minimum Gasteiger partial charge on any atom is -0.454 e. The number of nitrogens with zero attached hydrogens (tertiary/aromatic N) is 1. The van der Waals surface area contributed by atoms with Crippen LogP contribution in [0.5, 0.6) is 11.5 Å². The number of amides is 2. The van der Waals surface area contributed by atoms with Gasteiger partial charge in [-0.1, -0.05) is 54.1 Å². The van der Waals surface area contributed by atoms with Crippen molar-refractivity contribution in [3.8, 4) is 11.5 Å². The summed E-state index contributed by atoms with van der Waals surface area (Å²) in [5.41, 5.74) is 1.64. The first kappa shape index (κ1) is 17.7. The third-order valence-electron chi connectivity index (χ3n) is 4.08. The molecule has 2 aliphatic heterocycles. The van der Waals surface area contributed by atoms with Crippen molar-refractivity contribution < 1.29 is 19.1 Å². The molecule has 0 aliphatic carbocycles. The summed E-state index contributed by atoms with van der Waals surface area (Å²) in [4.78, 5) is 26.4. The van der Waals surface area contributed by atoms with E-state index >= 15 is 0 Å². The number of hydrogen-bond donors (Lipinski definition) is 0. The Morgan fingerprint density at radius 3 is 2.63 bits per heavy atom. The van der Waals surface area contributed by atoms with Crippen LogP contribution in [0.2, 0.25) is 5.02 Å². The minimum absolute atomic E-state index is 0.0832. The molecule has 0 aromatic heterocycles. The summed E-state index contributed by atoms with van der Waals surface area (Å²) in [6.07, 6.45) is 5.29. The lowest BCUT2D eigenvalue weighted by atomic mass is 10.2. The van der Waals surface area contributed by atoms with Crippen molar-refractivity contribution in [3.05, 3.63) is 75.7 Å². The Morgan fingerprint density at radius 2 is 1.85 bits per heavy atom. The molecule has 0 saturated carbocycles. The first-order chi connectivity index (χ1) is 13.1. The highest BCUT2D eigenvalue weighted by Gasteiger charge is 2.35. The van der Waals surface area contributed by atoms with Gasteiger partial charge in [-0.2, -0.15) is 0 Å². The summed E-state index contributed by atoms with van der Waals surface area (Å²) in [6.45, 7) is 0.215. The first-order valence-electron chi connectivity index (χ1n) is 8.17. The number of rotatable bonds is 4. The van der Waals surface area contributed by atoms with Crippen LogP contribution in [0.4, 0.5) is 4.79 Å². The van der Waals surface area contributed by atoms with E-state index in [0.29, 0.717) is 27.0 Å². The second kappa shape index (κ2) is 7.50. The molecule has 0 unspecified atom stereocenters. The molecule has 2 heterocycles. The first-order valence-corrected chi connectivity index (χ1v) is 9.36. The average Bonchev–Trinajstić information content (AvgIpc) is 3.22. The van der Waals surface area contributed by atoms with Gasteiger partial charge in [-0.25, -0.2) is 0 Å². The summed E-state index contributed by atoms with van der Waals surface area (Å²) in [6, 6.07) is 13.0. The molecule has 0 atom stereocenters. The third-order valence-corrected chi connectivity index (χ3v) is 5.36.